The Labute approximate surface area is 103 Å². The second kappa shape index (κ2) is 5.52. The van der Waals surface area contributed by atoms with Crippen LogP contribution >= 0.6 is 0 Å². The maximum atomic E-state index is 13.3. The van der Waals surface area contributed by atoms with Crippen LogP contribution in [0.1, 0.15) is 44.6 Å². The van der Waals surface area contributed by atoms with Crippen molar-refractivity contribution in [3.8, 4) is 0 Å². The zero-order valence-electron chi connectivity index (χ0n) is 10.8. The van der Waals surface area contributed by atoms with Gasteiger partial charge < -0.3 is 5.32 Å². The average Bonchev–Trinajstić information content (AvgIpc) is 2.28. The molecule has 1 aromatic rings. The van der Waals surface area contributed by atoms with Gasteiger partial charge in [0.25, 0.3) is 0 Å². The van der Waals surface area contributed by atoms with Crippen LogP contribution in [0.4, 0.5) is 10.1 Å². The lowest BCUT2D eigenvalue weighted by Crippen LogP contribution is -2.25. The standard InChI is InChI=1S/C15H22FN/c1-3-12-4-6-14(7-5-12)17-15-9-11(2)8-13(16)10-15/h8-10,12,14,17H,3-7H2,1-2H3. The third kappa shape index (κ3) is 3.45. The molecule has 1 saturated carbocycles. The molecule has 0 aliphatic heterocycles. The fourth-order valence-corrected chi connectivity index (χ4v) is 2.77. The Balaban J connectivity index is 1.93. The Morgan fingerprint density at radius 1 is 1.18 bits per heavy atom. The molecule has 1 N–H and O–H groups in total. The van der Waals surface area contributed by atoms with Crippen molar-refractivity contribution in [2.24, 2.45) is 5.92 Å². The number of halogens is 1. The Hall–Kier alpha value is -1.05. The molecule has 0 atom stereocenters. The van der Waals surface area contributed by atoms with Gasteiger partial charge in [0.15, 0.2) is 0 Å². The first-order valence-corrected chi connectivity index (χ1v) is 6.71. The third-order valence-electron chi connectivity index (χ3n) is 3.84. The van der Waals surface area contributed by atoms with Crippen molar-refractivity contribution in [1.82, 2.24) is 0 Å². The summed E-state index contributed by atoms with van der Waals surface area (Å²) in [6, 6.07) is 5.71. The van der Waals surface area contributed by atoms with Crippen molar-refractivity contribution in [2.45, 2.75) is 52.0 Å². The van der Waals surface area contributed by atoms with Crippen molar-refractivity contribution in [1.29, 1.82) is 0 Å². The average molecular weight is 235 g/mol. The van der Waals surface area contributed by atoms with Crippen LogP contribution in [-0.2, 0) is 0 Å². The Morgan fingerprint density at radius 3 is 2.47 bits per heavy atom. The molecule has 0 aromatic heterocycles. The van der Waals surface area contributed by atoms with E-state index in [0.29, 0.717) is 6.04 Å². The van der Waals surface area contributed by atoms with Crippen molar-refractivity contribution in [2.75, 3.05) is 5.32 Å². The Kier molecular flexibility index (Phi) is 4.03. The maximum absolute atomic E-state index is 13.3. The SMILES string of the molecule is CCC1CCC(Nc2cc(C)cc(F)c2)CC1. The summed E-state index contributed by atoms with van der Waals surface area (Å²) in [5.74, 6) is 0.761. The van der Waals surface area contributed by atoms with Gasteiger partial charge in [-0.1, -0.05) is 13.3 Å². The second-order valence-corrected chi connectivity index (χ2v) is 5.29. The molecule has 0 spiro atoms. The summed E-state index contributed by atoms with van der Waals surface area (Å²) >= 11 is 0. The van der Waals surface area contributed by atoms with E-state index in [1.165, 1.54) is 32.1 Å². The van der Waals surface area contributed by atoms with Crippen molar-refractivity contribution >= 4 is 5.69 Å². The smallest absolute Gasteiger partial charge is 0.125 e. The lowest BCUT2D eigenvalue weighted by Gasteiger charge is -2.29. The summed E-state index contributed by atoms with van der Waals surface area (Å²) in [7, 11) is 0. The van der Waals surface area contributed by atoms with E-state index in [-0.39, 0.29) is 5.82 Å². The van der Waals surface area contributed by atoms with Gasteiger partial charge in [-0.15, -0.1) is 0 Å². The van der Waals surface area contributed by atoms with Crippen LogP contribution in [0.15, 0.2) is 18.2 Å². The van der Waals surface area contributed by atoms with Crippen LogP contribution in [-0.4, -0.2) is 6.04 Å². The van der Waals surface area contributed by atoms with E-state index in [9.17, 15) is 4.39 Å². The lowest BCUT2D eigenvalue weighted by molar-refractivity contribution is 0.330. The summed E-state index contributed by atoms with van der Waals surface area (Å²) in [4.78, 5) is 0. The van der Waals surface area contributed by atoms with Crippen LogP contribution in [0.3, 0.4) is 0 Å². The van der Waals surface area contributed by atoms with Crippen molar-refractivity contribution < 1.29 is 4.39 Å². The van der Waals surface area contributed by atoms with Gasteiger partial charge in [0.1, 0.15) is 5.82 Å². The number of hydrogen-bond acceptors (Lipinski definition) is 1. The number of anilines is 1. The first-order valence-electron chi connectivity index (χ1n) is 6.71. The van der Waals surface area contributed by atoms with Gasteiger partial charge in [-0.3, -0.25) is 0 Å². The zero-order chi connectivity index (χ0) is 12.3. The summed E-state index contributed by atoms with van der Waals surface area (Å²) in [6.45, 7) is 4.20. The van der Waals surface area contributed by atoms with Gasteiger partial charge in [-0.25, -0.2) is 4.39 Å². The van der Waals surface area contributed by atoms with E-state index in [1.54, 1.807) is 12.1 Å². The van der Waals surface area contributed by atoms with E-state index >= 15 is 0 Å². The zero-order valence-corrected chi connectivity index (χ0v) is 10.8. The first kappa shape index (κ1) is 12.4. The number of benzene rings is 1. The maximum Gasteiger partial charge on any atom is 0.125 e. The molecule has 1 nitrogen and oxygen atoms in total. The molecule has 0 saturated heterocycles. The summed E-state index contributed by atoms with van der Waals surface area (Å²) in [5, 5.41) is 3.47. The Morgan fingerprint density at radius 2 is 1.88 bits per heavy atom. The minimum absolute atomic E-state index is 0.144. The van der Waals surface area contributed by atoms with Crippen LogP contribution in [0.2, 0.25) is 0 Å². The molecule has 0 bridgehead atoms. The molecule has 0 amide bonds. The van der Waals surface area contributed by atoms with Gasteiger partial charge in [0, 0.05) is 11.7 Å². The van der Waals surface area contributed by atoms with E-state index < -0.39 is 0 Å². The Bertz CT molecular complexity index is 347. The van der Waals surface area contributed by atoms with Crippen LogP contribution in [0.25, 0.3) is 0 Å². The number of aryl methyl sites for hydroxylation is 1. The van der Waals surface area contributed by atoms with Crippen molar-refractivity contribution in [3.63, 3.8) is 0 Å². The first-order chi connectivity index (χ1) is 8.17. The fourth-order valence-electron chi connectivity index (χ4n) is 2.77. The summed E-state index contributed by atoms with van der Waals surface area (Å²) in [5.41, 5.74) is 1.91. The predicted molar refractivity (Wildman–Crippen MR) is 70.8 cm³/mol. The van der Waals surface area contributed by atoms with Gasteiger partial charge in [-0.05, 0) is 62.3 Å². The molecule has 1 aliphatic rings. The van der Waals surface area contributed by atoms with Gasteiger partial charge in [0.05, 0.1) is 0 Å². The normalized spacial score (nSPS) is 24.6. The summed E-state index contributed by atoms with van der Waals surface area (Å²) < 4.78 is 13.3. The summed E-state index contributed by atoms with van der Waals surface area (Å²) in [6.07, 6.45) is 6.35. The molecular formula is C15H22FN. The molecule has 2 rings (SSSR count). The predicted octanol–water partition coefficient (Wildman–Crippen LogP) is 4.51. The molecule has 94 valence electrons. The van der Waals surface area contributed by atoms with Crippen LogP contribution < -0.4 is 5.32 Å². The van der Waals surface area contributed by atoms with E-state index in [0.717, 1.165) is 17.2 Å². The third-order valence-corrected chi connectivity index (χ3v) is 3.84. The van der Waals surface area contributed by atoms with E-state index in [2.05, 4.69) is 12.2 Å². The highest BCUT2D eigenvalue weighted by Crippen LogP contribution is 2.28. The fraction of sp³-hybridized carbons (Fsp3) is 0.600. The van der Waals surface area contributed by atoms with Gasteiger partial charge in [-0.2, -0.15) is 0 Å². The van der Waals surface area contributed by atoms with E-state index in [1.807, 2.05) is 13.0 Å². The monoisotopic (exact) mass is 235 g/mol. The van der Waals surface area contributed by atoms with E-state index in [4.69, 9.17) is 0 Å². The van der Waals surface area contributed by atoms with Crippen LogP contribution in [0.5, 0.6) is 0 Å². The molecule has 0 unspecified atom stereocenters. The van der Waals surface area contributed by atoms with Crippen molar-refractivity contribution in [3.05, 3.63) is 29.6 Å². The molecule has 0 radical (unpaired) electrons. The minimum Gasteiger partial charge on any atom is -0.382 e. The second-order valence-electron chi connectivity index (χ2n) is 5.29. The topological polar surface area (TPSA) is 12.0 Å². The number of nitrogens with one attached hydrogen (secondary N) is 1. The van der Waals surface area contributed by atoms with Crippen LogP contribution in [0, 0.1) is 18.7 Å². The largest absolute Gasteiger partial charge is 0.382 e. The lowest BCUT2D eigenvalue weighted by atomic mass is 9.84. The quantitative estimate of drug-likeness (QED) is 0.812. The number of rotatable bonds is 3. The molecule has 1 fully saturated rings. The molecular weight excluding hydrogens is 213 g/mol. The molecule has 1 aliphatic carbocycles. The molecule has 1 aromatic carbocycles. The highest BCUT2D eigenvalue weighted by molar-refractivity contribution is 5.46. The highest BCUT2D eigenvalue weighted by Gasteiger charge is 2.19. The van der Waals surface area contributed by atoms with Gasteiger partial charge in [0.2, 0.25) is 0 Å². The highest BCUT2D eigenvalue weighted by atomic mass is 19.1. The molecule has 2 heteroatoms. The van der Waals surface area contributed by atoms with Gasteiger partial charge >= 0.3 is 0 Å². The number of hydrogen-bond donors (Lipinski definition) is 1. The molecule has 17 heavy (non-hydrogen) atoms. The molecule has 0 heterocycles. The minimum atomic E-state index is -0.144.